The summed E-state index contributed by atoms with van der Waals surface area (Å²) in [6.45, 7) is 0. The summed E-state index contributed by atoms with van der Waals surface area (Å²) in [4.78, 5) is 4.90. The highest BCUT2D eigenvalue weighted by atomic mass is 79.9. The second-order valence-electron chi connectivity index (χ2n) is 5.88. The van der Waals surface area contributed by atoms with Crippen molar-refractivity contribution in [1.29, 1.82) is 0 Å². The van der Waals surface area contributed by atoms with E-state index in [9.17, 15) is 0 Å². The summed E-state index contributed by atoms with van der Waals surface area (Å²) in [6.07, 6.45) is 15.4. The minimum atomic E-state index is 1.09. The molecule has 0 saturated carbocycles. The molecule has 0 atom stereocenters. The van der Waals surface area contributed by atoms with Gasteiger partial charge in [0.2, 0.25) is 0 Å². The van der Waals surface area contributed by atoms with Crippen LogP contribution in [0.5, 0.6) is 0 Å². The highest BCUT2D eigenvalue weighted by molar-refractivity contribution is 9.10. The van der Waals surface area contributed by atoms with E-state index < -0.39 is 0 Å². The Morgan fingerprint density at radius 3 is 2.30 bits per heavy atom. The van der Waals surface area contributed by atoms with E-state index in [0.717, 1.165) is 16.5 Å². The Bertz CT molecular complexity index is 574. The van der Waals surface area contributed by atoms with Crippen LogP contribution < -0.4 is 0 Å². The Morgan fingerprint density at radius 1 is 0.900 bits per heavy atom. The molecule has 3 heteroatoms. The third kappa shape index (κ3) is 3.08. The first-order valence-corrected chi connectivity index (χ1v) is 8.80. The predicted molar refractivity (Wildman–Crippen MR) is 87.2 cm³/mol. The third-order valence-electron chi connectivity index (χ3n) is 4.36. The van der Waals surface area contributed by atoms with Crippen LogP contribution in [0, 0.1) is 0 Å². The molecule has 0 amide bonds. The van der Waals surface area contributed by atoms with Gasteiger partial charge in [-0.25, -0.2) is 4.98 Å². The zero-order chi connectivity index (χ0) is 13.8. The van der Waals surface area contributed by atoms with E-state index >= 15 is 0 Å². The second kappa shape index (κ2) is 6.75. The molecule has 0 radical (unpaired) electrons. The molecule has 0 fully saturated rings. The summed E-state index contributed by atoms with van der Waals surface area (Å²) < 4.78 is 3.40. The van der Waals surface area contributed by atoms with Gasteiger partial charge < -0.3 is 4.40 Å². The largest absolute Gasteiger partial charge is 0.303 e. The first-order chi connectivity index (χ1) is 9.86. The average molecular weight is 335 g/mol. The molecule has 2 aromatic rings. The number of rotatable bonds is 0. The maximum absolute atomic E-state index is 4.90. The van der Waals surface area contributed by atoms with Gasteiger partial charge in [0.05, 0.1) is 10.2 Å². The molecule has 1 aliphatic carbocycles. The Hall–Kier alpha value is -0.830. The van der Waals surface area contributed by atoms with Crippen LogP contribution in [0.25, 0.3) is 5.65 Å². The van der Waals surface area contributed by atoms with Crippen molar-refractivity contribution < 1.29 is 0 Å². The molecule has 0 N–H and O–H groups in total. The number of halogens is 1. The van der Waals surface area contributed by atoms with Gasteiger partial charge in [-0.1, -0.05) is 38.5 Å². The lowest BCUT2D eigenvalue weighted by molar-refractivity contribution is 0.555. The number of nitrogens with zero attached hydrogens (tertiary/aromatic N) is 2. The van der Waals surface area contributed by atoms with E-state index in [-0.39, 0.29) is 0 Å². The summed E-state index contributed by atoms with van der Waals surface area (Å²) in [5.41, 5.74) is 3.87. The van der Waals surface area contributed by atoms with Crippen LogP contribution in [-0.4, -0.2) is 9.38 Å². The van der Waals surface area contributed by atoms with E-state index in [2.05, 4.69) is 38.7 Å². The Morgan fingerprint density at radius 2 is 1.55 bits per heavy atom. The van der Waals surface area contributed by atoms with Crippen LogP contribution in [0.4, 0.5) is 0 Å². The minimum absolute atomic E-state index is 1.09. The first kappa shape index (κ1) is 14.1. The lowest BCUT2D eigenvalue weighted by atomic mass is 10.0. The lowest BCUT2D eigenvalue weighted by Crippen LogP contribution is -1.99. The number of hydrogen-bond donors (Lipinski definition) is 0. The smallest absolute Gasteiger partial charge is 0.151 e. The molecule has 0 spiro atoms. The monoisotopic (exact) mass is 334 g/mol. The van der Waals surface area contributed by atoms with Crippen molar-refractivity contribution >= 4 is 21.6 Å². The number of aromatic nitrogens is 2. The zero-order valence-electron chi connectivity index (χ0n) is 12.1. The van der Waals surface area contributed by atoms with Crippen molar-refractivity contribution in [1.82, 2.24) is 9.38 Å². The Kier molecular flexibility index (Phi) is 4.77. The molecular weight excluding hydrogens is 312 g/mol. The van der Waals surface area contributed by atoms with Crippen LogP contribution >= 0.6 is 15.9 Å². The van der Waals surface area contributed by atoms with E-state index in [1.807, 2.05) is 0 Å². The fourth-order valence-electron chi connectivity index (χ4n) is 3.24. The fraction of sp³-hybridized carbons (Fsp3) is 0.588. The van der Waals surface area contributed by atoms with E-state index in [4.69, 9.17) is 4.98 Å². The molecular formula is C17H23BrN2. The van der Waals surface area contributed by atoms with Crippen LogP contribution in [0.3, 0.4) is 0 Å². The number of hydrogen-bond acceptors (Lipinski definition) is 1. The molecule has 0 bridgehead atoms. The molecule has 20 heavy (non-hydrogen) atoms. The minimum Gasteiger partial charge on any atom is -0.303 e. The predicted octanol–water partition coefficient (Wildman–Crippen LogP) is 5.32. The van der Waals surface area contributed by atoms with Crippen molar-refractivity contribution in [2.75, 3.05) is 0 Å². The quantitative estimate of drug-likeness (QED) is 0.637. The molecule has 3 rings (SSSR count). The van der Waals surface area contributed by atoms with Crippen LogP contribution in [0.2, 0.25) is 0 Å². The van der Waals surface area contributed by atoms with Crippen molar-refractivity contribution in [2.24, 2.45) is 0 Å². The highest BCUT2D eigenvalue weighted by Gasteiger charge is 2.13. The maximum atomic E-state index is 4.90. The van der Waals surface area contributed by atoms with Crippen molar-refractivity contribution in [3.8, 4) is 0 Å². The van der Waals surface area contributed by atoms with Gasteiger partial charge in [0.1, 0.15) is 0 Å². The van der Waals surface area contributed by atoms with Crippen molar-refractivity contribution in [3.05, 3.63) is 34.2 Å². The topological polar surface area (TPSA) is 17.3 Å². The molecule has 0 aromatic carbocycles. The van der Waals surface area contributed by atoms with Gasteiger partial charge >= 0.3 is 0 Å². The lowest BCUT2D eigenvalue weighted by Gasteiger charge is -2.08. The van der Waals surface area contributed by atoms with Crippen LogP contribution in [0.15, 0.2) is 22.8 Å². The highest BCUT2D eigenvalue weighted by Crippen LogP contribution is 2.24. The summed E-state index contributed by atoms with van der Waals surface area (Å²) >= 11 is 3.63. The summed E-state index contributed by atoms with van der Waals surface area (Å²) in [7, 11) is 0. The second-order valence-corrected chi connectivity index (χ2v) is 6.74. The van der Waals surface area contributed by atoms with E-state index in [0.29, 0.717) is 0 Å². The fourth-order valence-corrected chi connectivity index (χ4v) is 3.67. The van der Waals surface area contributed by atoms with Crippen LogP contribution in [-0.2, 0) is 12.8 Å². The summed E-state index contributed by atoms with van der Waals surface area (Å²) in [6, 6.07) is 4.19. The molecule has 2 heterocycles. The zero-order valence-corrected chi connectivity index (χ0v) is 13.7. The normalized spacial score (nSPS) is 18.2. The van der Waals surface area contributed by atoms with Gasteiger partial charge in [0.15, 0.2) is 5.65 Å². The first-order valence-electron chi connectivity index (χ1n) is 8.00. The Labute approximate surface area is 129 Å². The van der Waals surface area contributed by atoms with Gasteiger partial charge in [-0.15, -0.1) is 0 Å². The molecule has 108 valence electrons. The summed E-state index contributed by atoms with van der Waals surface area (Å²) in [5, 5.41) is 0. The van der Waals surface area contributed by atoms with Gasteiger partial charge in [-0.05, 0) is 53.7 Å². The van der Waals surface area contributed by atoms with Gasteiger partial charge in [-0.3, -0.25) is 0 Å². The van der Waals surface area contributed by atoms with Crippen molar-refractivity contribution in [3.63, 3.8) is 0 Å². The number of fused-ring (bicyclic) bond motifs is 3. The van der Waals surface area contributed by atoms with E-state index in [1.54, 1.807) is 0 Å². The van der Waals surface area contributed by atoms with Gasteiger partial charge in [-0.2, -0.15) is 0 Å². The molecule has 0 aliphatic heterocycles. The number of aryl methyl sites for hydroxylation is 2. The molecule has 2 nitrogen and oxygen atoms in total. The average Bonchev–Trinajstić information content (AvgIpc) is 2.78. The van der Waals surface area contributed by atoms with Gasteiger partial charge in [0, 0.05) is 11.9 Å². The van der Waals surface area contributed by atoms with Crippen LogP contribution in [0.1, 0.15) is 62.8 Å². The number of pyridine rings is 1. The molecule has 0 saturated heterocycles. The standard InChI is InChI=1S/C17H23BrN2/c18-14-10-9-13-20-16-12-8-6-4-2-1-3-5-7-11-15(16)19-17(14)20/h9-10,13H,1-8,11-12H2. The van der Waals surface area contributed by atoms with Crippen molar-refractivity contribution in [2.45, 2.75) is 64.2 Å². The Balaban J connectivity index is 1.92. The maximum Gasteiger partial charge on any atom is 0.151 e. The number of imidazole rings is 1. The third-order valence-corrected chi connectivity index (χ3v) is 4.98. The SMILES string of the molecule is Brc1cccn2c3c(nc12)CCCCCCCCCC3. The molecule has 1 aliphatic rings. The molecule has 0 unspecified atom stereocenters. The van der Waals surface area contributed by atoms with Gasteiger partial charge in [0.25, 0.3) is 0 Å². The summed E-state index contributed by atoms with van der Waals surface area (Å²) in [5.74, 6) is 0. The molecule has 2 aromatic heterocycles. The van der Waals surface area contributed by atoms with E-state index in [1.165, 1.54) is 69.2 Å².